The van der Waals surface area contributed by atoms with Crippen molar-refractivity contribution >= 4 is 16.5 Å². The van der Waals surface area contributed by atoms with Crippen molar-refractivity contribution in [3.05, 3.63) is 42.0 Å². The van der Waals surface area contributed by atoms with Crippen molar-refractivity contribution < 1.29 is 5.11 Å². The number of benzene rings is 2. The van der Waals surface area contributed by atoms with Gasteiger partial charge in [0.1, 0.15) is 0 Å². The average molecular weight is 240 g/mol. The van der Waals surface area contributed by atoms with Crippen LogP contribution in [0.4, 0.5) is 5.69 Å². The number of hydrogen-bond donors (Lipinski definition) is 2. The minimum absolute atomic E-state index is 0.0429. The minimum atomic E-state index is 0.0429. The molecule has 1 unspecified atom stereocenters. The minimum Gasteiger partial charge on any atom is -0.394 e. The molecule has 2 aromatic rings. The first-order valence-electron chi connectivity index (χ1n) is 6.09. The van der Waals surface area contributed by atoms with Crippen LogP contribution in [0.5, 0.6) is 0 Å². The molecule has 0 saturated carbocycles. The number of aliphatic hydroxyl groups is 1. The fraction of sp³-hybridized carbons (Fsp3) is 0.267. The molecule has 0 aliphatic carbocycles. The lowest BCUT2D eigenvalue weighted by atomic mass is 10.0. The zero-order valence-electron chi connectivity index (χ0n) is 10.4. The zero-order valence-corrected chi connectivity index (χ0v) is 10.4. The van der Waals surface area contributed by atoms with Crippen LogP contribution in [0.2, 0.25) is 0 Å². The lowest BCUT2D eigenvalue weighted by molar-refractivity contribution is 0.272. The van der Waals surface area contributed by atoms with Crippen LogP contribution in [-0.2, 0) is 0 Å². The maximum atomic E-state index is 9.25. The van der Waals surface area contributed by atoms with Gasteiger partial charge in [-0.3, -0.25) is 0 Å². The second-order valence-electron chi connectivity index (χ2n) is 4.25. The van der Waals surface area contributed by atoms with Crippen molar-refractivity contribution in [2.45, 2.75) is 19.4 Å². The fourth-order valence-corrected chi connectivity index (χ4v) is 2.02. The summed E-state index contributed by atoms with van der Waals surface area (Å²) in [7, 11) is 0. The van der Waals surface area contributed by atoms with Gasteiger partial charge in [-0.1, -0.05) is 31.2 Å². The molecule has 92 valence electrons. The molecule has 0 fully saturated rings. The highest BCUT2D eigenvalue weighted by Gasteiger charge is 2.09. The third kappa shape index (κ3) is 2.29. The zero-order chi connectivity index (χ0) is 13.0. The van der Waals surface area contributed by atoms with Crippen LogP contribution in [0.3, 0.4) is 0 Å². The van der Waals surface area contributed by atoms with Crippen LogP contribution in [0.25, 0.3) is 10.8 Å². The SMILES string of the molecule is CCC(CO)Nc1ccc(C#N)c2ccccc12. The van der Waals surface area contributed by atoms with Crippen LogP contribution < -0.4 is 5.32 Å². The Morgan fingerprint density at radius 1 is 1.22 bits per heavy atom. The standard InChI is InChI=1S/C15H16N2O/c1-2-12(10-18)17-15-8-7-11(9-16)13-5-3-4-6-14(13)15/h3-8,12,17-18H,2,10H2,1H3. The second-order valence-corrected chi connectivity index (χ2v) is 4.25. The molecule has 0 aromatic heterocycles. The summed E-state index contributed by atoms with van der Waals surface area (Å²) in [6.07, 6.45) is 0.852. The molecule has 0 aliphatic heterocycles. The Labute approximate surface area is 107 Å². The number of fused-ring (bicyclic) bond motifs is 1. The highest BCUT2D eigenvalue weighted by molar-refractivity contribution is 5.97. The molecule has 3 heteroatoms. The third-order valence-electron chi connectivity index (χ3n) is 3.12. The normalized spacial score (nSPS) is 12.1. The van der Waals surface area contributed by atoms with Gasteiger partial charge < -0.3 is 10.4 Å². The Bertz CT molecular complexity index is 583. The summed E-state index contributed by atoms with van der Waals surface area (Å²) in [5.41, 5.74) is 1.64. The molecule has 0 spiro atoms. The van der Waals surface area contributed by atoms with E-state index in [0.29, 0.717) is 5.56 Å². The van der Waals surface area contributed by atoms with E-state index in [0.717, 1.165) is 22.9 Å². The molecule has 3 nitrogen and oxygen atoms in total. The summed E-state index contributed by atoms with van der Waals surface area (Å²) >= 11 is 0. The molecular weight excluding hydrogens is 224 g/mol. The predicted molar refractivity (Wildman–Crippen MR) is 73.5 cm³/mol. The van der Waals surface area contributed by atoms with Gasteiger partial charge in [-0.05, 0) is 18.6 Å². The first-order chi connectivity index (χ1) is 8.80. The van der Waals surface area contributed by atoms with Crippen molar-refractivity contribution in [2.24, 2.45) is 0 Å². The Kier molecular flexibility index (Phi) is 3.81. The van der Waals surface area contributed by atoms with Crippen molar-refractivity contribution in [3.8, 4) is 6.07 Å². The van der Waals surface area contributed by atoms with E-state index in [1.165, 1.54) is 0 Å². The second kappa shape index (κ2) is 5.52. The van der Waals surface area contributed by atoms with Crippen molar-refractivity contribution in [1.82, 2.24) is 0 Å². The number of nitrogens with zero attached hydrogens (tertiary/aromatic N) is 1. The summed E-state index contributed by atoms with van der Waals surface area (Å²) in [6.45, 7) is 2.13. The molecule has 0 heterocycles. The molecule has 0 aliphatic rings. The van der Waals surface area contributed by atoms with Crippen LogP contribution in [-0.4, -0.2) is 17.8 Å². The first kappa shape index (κ1) is 12.4. The van der Waals surface area contributed by atoms with Gasteiger partial charge in [0, 0.05) is 22.5 Å². The van der Waals surface area contributed by atoms with E-state index in [9.17, 15) is 5.11 Å². The van der Waals surface area contributed by atoms with Crippen molar-refractivity contribution in [1.29, 1.82) is 5.26 Å². The lowest BCUT2D eigenvalue weighted by Crippen LogP contribution is -2.22. The van der Waals surface area contributed by atoms with Crippen LogP contribution >= 0.6 is 0 Å². The number of hydrogen-bond acceptors (Lipinski definition) is 3. The van der Waals surface area contributed by atoms with E-state index in [1.54, 1.807) is 0 Å². The number of nitrogens with one attached hydrogen (secondary N) is 1. The maximum Gasteiger partial charge on any atom is 0.0998 e. The Morgan fingerprint density at radius 3 is 2.56 bits per heavy atom. The third-order valence-corrected chi connectivity index (χ3v) is 3.12. The number of nitriles is 1. The van der Waals surface area contributed by atoms with Crippen LogP contribution in [0, 0.1) is 11.3 Å². The van der Waals surface area contributed by atoms with Gasteiger partial charge in [0.15, 0.2) is 0 Å². The molecule has 0 saturated heterocycles. The smallest absolute Gasteiger partial charge is 0.0998 e. The number of aliphatic hydroxyl groups excluding tert-OH is 1. The summed E-state index contributed by atoms with van der Waals surface area (Å²) in [6, 6.07) is 13.8. The van der Waals surface area contributed by atoms with Gasteiger partial charge in [-0.25, -0.2) is 0 Å². The molecule has 2 rings (SSSR count). The van der Waals surface area contributed by atoms with Gasteiger partial charge in [0.2, 0.25) is 0 Å². The number of anilines is 1. The summed E-state index contributed by atoms with van der Waals surface area (Å²) in [4.78, 5) is 0. The summed E-state index contributed by atoms with van der Waals surface area (Å²) in [5, 5.41) is 23.6. The van der Waals surface area contributed by atoms with Crippen LogP contribution in [0.15, 0.2) is 36.4 Å². The molecule has 2 aromatic carbocycles. The molecule has 2 N–H and O–H groups in total. The Morgan fingerprint density at radius 2 is 1.94 bits per heavy atom. The van der Waals surface area contributed by atoms with Gasteiger partial charge in [-0.2, -0.15) is 5.26 Å². The molecule has 18 heavy (non-hydrogen) atoms. The summed E-state index contributed by atoms with van der Waals surface area (Å²) in [5.74, 6) is 0. The lowest BCUT2D eigenvalue weighted by Gasteiger charge is -2.17. The Hall–Kier alpha value is -2.05. The molecule has 0 bridgehead atoms. The van der Waals surface area contributed by atoms with E-state index >= 15 is 0 Å². The molecule has 0 amide bonds. The first-order valence-corrected chi connectivity index (χ1v) is 6.09. The predicted octanol–water partition coefficient (Wildman–Crippen LogP) is 2.89. The quantitative estimate of drug-likeness (QED) is 0.864. The van der Waals surface area contributed by atoms with E-state index in [-0.39, 0.29) is 12.6 Å². The van der Waals surface area contributed by atoms with E-state index < -0.39 is 0 Å². The average Bonchev–Trinajstić information content (AvgIpc) is 2.44. The maximum absolute atomic E-state index is 9.25. The summed E-state index contributed by atoms with van der Waals surface area (Å²) < 4.78 is 0. The number of rotatable bonds is 4. The van der Waals surface area contributed by atoms with E-state index in [1.807, 2.05) is 43.3 Å². The van der Waals surface area contributed by atoms with Gasteiger partial charge in [0.25, 0.3) is 0 Å². The van der Waals surface area contributed by atoms with E-state index in [4.69, 9.17) is 5.26 Å². The molecule has 1 atom stereocenters. The largest absolute Gasteiger partial charge is 0.394 e. The van der Waals surface area contributed by atoms with Crippen LogP contribution in [0.1, 0.15) is 18.9 Å². The van der Waals surface area contributed by atoms with Crippen molar-refractivity contribution in [2.75, 3.05) is 11.9 Å². The van der Waals surface area contributed by atoms with Gasteiger partial charge in [-0.15, -0.1) is 0 Å². The van der Waals surface area contributed by atoms with Crippen molar-refractivity contribution in [3.63, 3.8) is 0 Å². The topological polar surface area (TPSA) is 56.0 Å². The highest BCUT2D eigenvalue weighted by Crippen LogP contribution is 2.27. The van der Waals surface area contributed by atoms with Gasteiger partial charge >= 0.3 is 0 Å². The monoisotopic (exact) mass is 240 g/mol. The van der Waals surface area contributed by atoms with Gasteiger partial charge in [0.05, 0.1) is 18.2 Å². The molecular formula is C15H16N2O. The molecule has 0 radical (unpaired) electrons. The van der Waals surface area contributed by atoms with E-state index in [2.05, 4.69) is 11.4 Å². The Balaban J connectivity index is 2.50. The highest BCUT2D eigenvalue weighted by atomic mass is 16.3. The fourth-order valence-electron chi connectivity index (χ4n) is 2.02.